The molecular weight excluding hydrogens is 366 g/mol. The summed E-state index contributed by atoms with van der Waals surface area (Å²) in [4.78, 5) is 4.23. The van der Waals surface area contributed by atoms with Gasteiger partial charge >= 0.3 is 0 Å². The largest absolute Gasteiger partial charge is 0.382 e. The third-order valence-corrected chi connectivity index (χ3v) is 4.57. The van der Waals surface area contributed by atoms with Gasteiger partial charge in [0.15, 0.2) is 5.96 Å². The molecule has 0 spiro atoms. The maximum Gasteiger partial charge on any atom is 0.191 e. The number of para-hydroxylation sites is 1. The average Bonchev–Trinajstić information content (AvgIpc) is 3.30. The van der Waals surface area contributed by atoms with Gasteiger partial charge in [0.2, 0.25) is 0 Å². The highest BCUT2D eigenvalue weighted by atomic mass is 15.3. The molecule has 9 nitrogen and oxygen atoms in total. The van der Waals surface area contributed by atoms with Crippen molar-refractivity contribution in [2.75, 3.05) is 19.3 Å². The smallest absolute Gasteiger partial charge is 0.191 e. The van der Waals surface area contributed by atoms with Crippen molar-refractivity contribution in [2.24, 2.45) is 12.0 Å². The lowest BCUT2D eigenvalue weighted by molar-refractivity contribution is 0.677. The van der Waals surface area contributed by atoms with Crippen molar-refractivity contribution in [3.05, 3.63) is 59.5 Å². The normalized spacial score (nSPS) is 11.3. The zero-order chi connectivity index (χ0) is 20.6. The fourth-order valence-corrected chi connectivity index (χ4v) is 2.97. The highest BCUT2D eigenvalue weighted by Gasteiger charge is 2.16. The van der Waals surface area contributed by atoms with Crippen molar-refractivity contribution in [1.82, 2.24) is 30.2 Å². The summed E-state index contributed by atoms with van der Waals surface area (Å²) < 4.78 is 3.44. The molecule has 0 bridgehead atoms. The fourth-order valence-electron chi connectivity index (χ4n) is 2.97. The Balaban J connectivity index is 1.55. The van der Waals surface area contributed by atoms with E-state index in [4.69, 9.17) is 5.73 Å². The standard InChI is InChI=1S/C20H25N9/c1-23-20(25-14-16-10-12-26-28(16)2)24-11-6-9-18-17(13-21)19(22)29(27-18)15-7-4-3-5-8-15/h3-5,7-8,10,12H,6,9,11,14,22H2,1-2H3,(H2,23,24,25). The zero-order valence-electron chi connectivity index (χ0n) is 16.6. The van der Waals surface area contributed by atoms with Crippen LogP contribution in [0, 0.1) is 11.3 Å². The van der Waals surface area contributed by atoms with Crippen LogP contribution in [0.3, 0.4) is 0 Å². The molecule has 3 aromatic rings. The quantitative estimate of drug-likeness (QED) is 0.318. The van der Waals surface area contributed by atoms with Crippen LogP contribution >= 0.6 is 0 Å². The van der Waals surface area contributed by atoms with Crippen LogP contribution in [-0.2, 0) is 20.0 Å². The molecule has 4 N–H and O–H groups in total. The average molecular weight is 391 g/mol. The van der Waals surface area contributed by atoms with Crippen LogP contribution in [0.5, 0.6) is 0 Å². The van der Waals surface area contributed by atoms with Crippen molar-refractivity contribution in [3.8, 4) is 11.8 Å². The molecule has 0 aliphatic carbocycles. The third kappa shape index (κ3) is 4.73. The molecule has 0 radical (unpaired) electrons. The van der Waals surface area contributed by atoms with Crippen LogP contribution in [0.2, 0.25) is 0 Å². The van der Waals surface area contributed by atoms with Gasteiger partial charge in [-0.3, -0.25) is 9.67 Å². The minimum atomic E-state index is 0.371. The van der Waals surface area contributed by atoms with Crippen LogP contribution in [0.25, 0.3) is 5.69 Å². The Hall–Kier alpha value is -3.80. The molecule has 2 aromatic heterocycles. The molecule has 0 fully saturated rings. The number of aryl methyl sites for hydroxylation is 2. The minimum absolute atomic E-state index is 0.371. The van der Waals surface area contributed by atoms with Gasteiger partial charge in [-0.1, -0.05) is 18.2 Å². The number of nitrogens with two attached hydrogens (primary N) is 1. The monoisotopic (exact) mass is 391 g/mol. The van der Waals surface area contributed by atoms with Crippen LogP contribution < -0.4 is 16.4 Å². The van der Waals surface area contributed by atoms with E-state index in [9.17, 15) is 5.26 Å². The summed E-state index contributed by atoms with van der Waals surface area (Å²) in [6.45, 7) is 1.32. The Morgan fingerprint density at radius 3 is 2.69 bits per heavy atom. The van der Waals surface area contributed by atoms with E-state index in [1.807, 2.05) is 48.1 Å². The van der Waals surface area contributed by atoms with E-state index in [0.717, 1.165) is 17.8 Å². The zero-order valence-corrected chi connectivity index (χ0v) is 16.6. The number of hydrogen-bond donors (Lipinski definition) is 3. The van der Waals surface area contributed by atoms with Gasteiger partial charge < -0.3 is 16.4 Å². The minimum Gasteiger partial charge on any atom is -0.382 e. The summed E-state index contributed by atoms with van der Waals surface area (Å²) in [5.41, 5.74) is 9.19. The Morgan fingerprint density at radius 2 is 2.03 bits per heavy atom. The Kier molecular flexibility index (Phi) is 6.47. The SMILES string of the molecule is CN=C(NCCCc1nn(-c2ccccc2)c(N)c1C#N)NCc1ccnn1C. The van der Waals surface area contributed by atoms with E-state index in [1.54, 1.807) is 17.9 Å². The van der Waals surface area contributed by atoms with Crippen molar-refractivity contribution in [2.45, 2.75) is 19.4 Å². The lowest BCUT2D eigenvalue weighted by atomic mass is 10.1. The Morgan fingerprint density at radius 1 is 1.24 bits per heavy atom. The summed E-state index contributed by atoms with van der Waals surface area (Å²) in [5.74, 6) is 1.08. The first-order chi connectivity index (χ1) is 14.1. The van der Waals surface area contributed by atoms with Gasteiger partial charge in [-0.05, 0) is 31.0 Å². The molecule has 0 saturated heterocycles. The van der Waals surface area contributed by atoms with E-state index in [1.165, 1.54) is 0 Å². The van der Waals surface area contributed by atoms with Gasteiger partial charge in [-0.2, -0.15) is 15.5 Å². The maximum absolute atomic E-state index is 9.49. The molecule has 9 heteroatoms. The summed E-state index contributed by atoms with van der Waals surface area (Å²) >= 11 is 0. The van der Waals surface area contributed by atoms with Gasteiger partial charge in [-0.25, -0.2) is 4.68 Å². The fraction of sp³-hybridized carbons (Fsp3) is 0.300. The van der Waals surface area contributed by atoms with Crippen molar-refractivity contribution in [3.63, 3.8) is 0 Å². The van der Waals surface area contributed by atoms with Gasteiger partial charge in [0, 0.05) is 26.8 Å². The molecule has 3 rings (SSSR count). The number of guanidine groups is 1. The highest BCUT2D eigenvalue weighted by Crippen LogP contribution is 2.21. The summed E-state index contributed by atoms with van der Waals surface area (Å²) in [7, 11) is 3.63. The molecule has 0 atom stereocenters. The van der Waals surface area contributed by atoms with E-state index in [0.29, 0.717) is 42.5 Å². The molecule has 1 aromatic carbocycles. The van der Waals surface area contributed by atoms with Crippen LogP contribution in [-0.4, -0.2) is 39.1 Å². The maximum atomic E-state index is 9.49. The van der Waals surface area contributed by atoms with Gasteiger partial charge in [0.1, 0.15) is 17.5 Å². The first kappa shape index (κ1) is 19.9. The molecular formula is C20H25N9. The number of anilines is 1. The molecule has 0 amide bonds. The Bertz CT molecular complexity index is 1010. The lowest BCUT2D eigenvalue weighted by Crippen LogP contribution is -2.37. The molecule has 150 valence electrons. The van der Waals surface area contributed by atoms with E-state index in [2.05, 4.69) is 31.9 Å². The van der Waals surface area contributed by atoms with Crippen molar-refractivity contribution < 1.29 is 0 Å². The van der Waals surface area contributed by atoms with E-state index < -0.39 is 0 Å². The summed E-state index contributed by atoms with van der Waals surface area (Å²) in [6.07, 6.45) is 3.19. The second kappa shape index (κ2) is 9.41. The Labute approximate surface area is 169 Å². The first-order valence-corrected chi connectivity index (χ1v) is 9.38. The number of nitriles is 1. The number of rotatable bonds is 7. The predicted molar refractivity (Wildman–Crippen MR) is 112 cm³/mol. The molecule has 0 saturated carbocycles. The number of aliphatic imine (C=N–C) groups is 1. The second-order valence-corrected chi connectivity index (χ2v) is 6.47. The number of nitrogen functional groups attached to an aromatic ring is 1. The van der Waals surface area contributed by atoms with Crippen molar-refractivity contribution >= 4 is 11.8 Å². The number of aromatic nitrogens is 4. The summed E-state index contributed by atoms with van der Waals surface area (Å²) in [6, 6.07) is 13.7. The van der Waals surface area contributed by atoms with Crippen molar-refractivity contribution in [1.29, 1.82) is 5.26 Å². The van der Waals surface area contributed by atoms with Crippen LogP contribution in [0.1, 0.15) is 23.4 Å². The second-order valence-electron chi connectivity index (χ2n) is 6.47. The molecule has 0 aliphatic heterocycles. The molecule has 2 heterocycles. The van der Waals surface area contributed by atoms with Crippen LogP contribution in [0.15, 0.2) is 47.6 Å². The van der Waals surface area contributed by atoms with Gasteiger partial charge in [-0.15, -0.1) is 0 Å². The number of nitrogens with one attached hydrogen (secondary N) is 2. The van der Waals surface area contributed by atoms with Gasteiger partial charge in [0.25, 0.3) is 0 Å². The molecule has 0 aliphatic rings. The van der Waals surface area contributed by atoms with Crippen LogP contribution in [0.4, 0.5) is 5.82 Å². The molecule has 0 unspecified atom stereocenters. The van der Waals surface area contributed by atoms with E-state index in [-0.39, 0.29) is 0 Å². The number of benzene rings is 1. The predicted octanol–water partition coefficient (Wildman–Crippen LogP) is 1.36. The summed E-state index contributed by atoms with van der Waals surface area (Å²) in [5, 5.41) is 24.7. The number of nitrogens with zero attached hydrogens (tertiary/aromatic N) is 6. The topological polar surface area (TPSA) is 122 Å². The first-order valence-electron chi connectivity index (χ1n) is 9.38. The van der Waals surface area contributed by atoms with Gasteiger partial charge in [0.05, 0.1) is 23.6 Å². The third-order valence-electron chi connectivity index (χ3n) is 4.57. The van der Waals surface area contributed by atoms with E-state index >= 15 is 0 Å². The lowest BCUT2D eigenvalue weighted by Gasteiger charge is -2.11. The highest BCUT2D eigenvalue weighted by molar-refractivity contribution is 5.79. The number of hydrogen-bond acceptors (Lipinski definition) is 5. The molecule has 29 heavy (non-hydrogen) atoms.